The van der Waals surface area contributed by atoms with E-state index in [4.69, 9.17) is 23.7 Å². The van der Waals surface area contributed by atoms with E-state index < -0.39 is 6.09 Å². The molecule has 0 aromatic carbocycles. The normalized spacial score (nSPS) is 28.6. The van der Waals surface area contributed by atoms with E-state index >= 15 is 0 Å². The number of unbranched alkanes of at least 4 members (excludes halogenated alkanes) is 4. The SMILES string of the molecule is COC1C(OC(=O)C[C@@H](COC(=O)NCCCCCCCC(=O)CNCC(C)C)C(C)C)CC[C@]2(CO2)C1C1(C)O[C@@H]1CC=C(C)C. The summed E-state index contributed by atoms with van der Waals surface area (Å²) in [5.74, 6) is 0.455. The van der Waals surface area contributed by atoms with Gasteiger partial charge >= 0.3 is 12.1 Å². The first-order valence-electron chi connectivity index (χ1n) is 18.1. The summed E-state index contributed by atoms with van der Waals surface area (Å²) in [7, 11) is 1.68. The summed E-state index contributed by atoms with van der Waals surface area (Å²) >= 11 is 0. The Morgan fingerprint density at radius 1 is 1.04 bits per heavy atom. The Labute approximate surface area is 283 Å². The van der Waals surface area contributed by atoms with E-state index in [1.54, 1.807) is 7.11 Å². The average molecular weight is 665 g/mol. The predicted molar refractivity (Wildman–Crippen MR) is 182 cm³/mol. The molecule has 270 valence electrons. The van der Waals surface area contributed by atoms with Crippen LogP contribution in [0.5, 0.6) is 0 Å². The topological polar surface area (TPSA) is 128 Å². The standard InChI is InChI=1S/C37H64N2O8/c1-25(2)15-16-31-36(7,47-31)34-33(43-8)30(17-18-37(34)24-45-37)46-32(41)20-28(27(5)6)23-44-35(42)39-19-13-11-9-10-12-14-29(40)22-38-21-26(3)4/h15,26-28,30-31,33-34,38H,9-14,16-24H2,1-8H3,(H,39,42)/t28-,30?,31+,33?,34?,36?,37-/m0/s1. The number of rotatable bonds is 22. The summed E-state index contributed by atoms with van der Waals surface area (Å²) in [6, 6.07) is 0. The van der Waals surface area contributed by atoms with Crippen molar-refractivity contribution in [1.29, 1.82) is 0 Å². The molecular weight excluding hydrogens is 600 g/mol. The summed E-state index contributed by atoms with van der Waals surface area (Å²) in [4.78, 5) is 37.5. The number of alkyl carbamates (subject to hydrolysis) is 1. The lowest BCUT2D eigenvalue weighted by Crippen LogP contribution is -2.55. The van der Waals surface area contributed by atoms with Gasteiger partial charge < -0.3 is 34.3 Å². The number of hydrogen-bond donors (Lipinski definition) is 2. The maximum atomic E-state index is 13.2. The van der Waals surface area contributed by atoms with E-state index in [0.29, 0.717) is 38.5 Å². The number of nitrogens with one attached hydrogen (secondary N) is 2. The summed E-state index contributed by atoms with van der Waals surface area (Å²) < 4.78 is 29.9. The van der Waals surface area contributed by atoms with E-state index in [1.807, 2.05) is 13.8 Å². The van der Waals surface area contributed by atoms with Crippen LogP contribution in [0.4, 0.5) is 4.79 Å². The average Bonchev–Trinajstić information content (AvgIpc) is 3.92. The van der Waals surface area contributed by atoms with Gasteiger partial charge in [-0.3, -0.25) is 9.59 Å². The van der Waals surface area contributed by atoms with Gasteiger partial charge in [0.05, 0.1) is 38.2 Å². The number of esters is 1. The van der Waals surface area contributed by atoms with Gasteiger partial charge in [0.2, 0.25) is 0 Å². The van der Waals surface area contributed by atoms with Gasteiger partial charge in [-0.05, 0) is 71.3 Å². The Morgan fingerprint density at radius 2 is 1.74 bits per heavy atom. The second-order valence-electron chi connectivity index (χ2n) is 15.2. The van der Waals surface area contributed by atoms with Crippen molar-refractivity contribution in [3.8, 4) is 0 Å². The summed E-state index contributed by atoms with van der Waals surface area (Å²) in [6.07, 6.45) is 9.02. The van der Waals surface area contributed by atoms with Gasteiger partial charge in [0.15, 0.2) is 0 Å². The summed E-state index contributed by atoms with van der Waals surface area (Å²) in [5.41, 5.74) is 0.601. The minimum atomic E-state index is -0.465. The van der Waals surface area contributed by atoms with Gasteiger partial charge in [0.25, 0.3) is 0 Å². The molecule has 0 radical (unpaired) electrons. The van der Waals surface area contributed by atoms with Crippen molar-refractivity contribution in [2.45, 2.75) is 142 Å². The lowest BCUT2D eigenvalue weighted by Gasteiger charge is -2.42. The molecule has 2 N–H and O–H groups in total. The molecule has 2 saturated heterocycles. The minimum absolute atomic E-state index is 0.0267. The molecule has 3 aliphatic rings. The lowest BCUT2D eigenvalue weighted by molar-refractivity contribution is -0.173. The third-order valence-electron chi connectivity index (χ3n) is 10.1. The monoisotopic (exact) mass is 664 g/mol. The first-order chi connectivity index (χ1) is 22.3. The van der Waals surface area contributed by atoms with Crippen molar-refractivity contribution in [1.82, 2.24) is 10.6 Å². The Balaban J connectivity index is 1.35. The van der Waals surface area contributed by atoms with Gasteiger partial charge in [-0.2, -0.15) is 0 Å². The molecule has 0 bridgehead atoms. The van der Waals surface area contributed by atoms with Crippen LogP contribution >= 0.6 is 0 Å². The molecule has 1 spiro atoms. The number of ether oxygens (including phenoxy) is 5. The van der Waals surface area contributed by atoms with Crippen LogP contribution in [0.15, 0.2) is 11.6 Å². The van der Waals surface area contributed by atoms with Gasteiger partial charge in [0, 0.05) is 26.0 Å². The molecule has 10 nitrogen and oxygen atoms in total. The fourth-order valence-electron chi connectivity index (χ4n) is 6.98. The zero-order valence-corrected chi connectivity index (χ0v) is 30.5. The van der Waals surface area contributed by atoms with Crippen LogP contribution in [0, 0.1) is 23.7 Å². The van der Waals surface area contributed by atoms with Crippen molar-refractivity contribution in [2.24, 2.45) is 23.7 Å². The van der Waals surface area contributed by atoms with E-state index in [9.17, 15) is 14.4 Å². The molecule has 3 fully saturated rings. The maximum Gasteiger partial charge on any atom is 0.407 e. The number of allylic oxidation sites excluding steroid dienone is 1. The Hall–Kier alpha value is -2.01. The van der Waals surface area contributed by atoms with E-state index in [1.165, 1.54) is 5.57 Å². The zero-order valence-electron chi connectivity index (χ0n) is 30.5. The molecule has 10 heteroatoms. The van der Waals surface area contributed by atoms with Gasteiger partial charge in [-0.1, -0.05) is 58.6 Å². The number of methoxy groups -OCH3 is 1. The molecule has 3 rings (SSSR count). The molecule has 1 aliphatic carbocycles. The van der Waals surface area contributed by atoms with Crippen LogP contribution in [-0.2, 0) is 33.3 Å². The number of carbonyl (C=O) groups is 3. The van der Waals surface area contributed by atoms with Crippen LogP contribution in [0.2, 0.25) is 0 Å². The summed E-state index contributed by atoms with van der Waals surface area (Å²) in [6.45, 7) is 17.3. The number of hydrogen-bond acceptors (Lipinski definition) is 9. The number of ketones is 1. The summed E-state index contributed by atoms with van der Waals surface area (Å²) in [5, 5.41) is 6.02. The molecule has 7 atom stereocenters. The highest BCUT2D eigenvalue weighted by atomic mass is 16.6. The van der Waals surface area contributed by atoms with Crippen molar-refractivity contribution < 1.29 is 38.1 Å². The van der Waals surface area contributed by atoms with Crippen molar-refractivity contribution >= 4 is 17.8 Å². The van der Waals surface area contributed by atoms with Gasteiger partial charge in [-0.15, -0.1) is 0 Å². The van der Waals surface area contributed by atoms with E-state index in [0.717, 1.165) is 51.5 Å². The largest absolute Gasteiger partial charge is 0.460 e. The van der Waals surface area contributed by atoms with Gasteiger partial charge in [0.1, 0.15) is 29.2 Å². The van der Waals surface area contributed by atoms with Crippen LogP contribution in [-0.4, -0.2) is 87.3 Å². The second kappa shape index (κ2) is 18.7. The zero-order chi connectivity index (χ0) is 34.6. The number of Topliss-reactive ketones (excluding diaryl/α,β-unsaturated/α-hetero) is 1. The first kappa shape index (κ1) is 39.4. The van der Waals surface area contributed by atoms with Crippen LogP contribution in [0.3, 0.4) is 0 Å². The lowest BCUT2D eigenvalue weighted by atomic mass is 9.68. The molecule has 2 aliphatic heterocycles. The Kier molecular flexibility index (Phi) is 15.7. The maximum absolute atomic E-state index is 13.2. The van der Waals surface area contributed by atoms with E-state index in [2.05, 4.69) is 51.3 Å². The van der Waals surface area contributed by atoms with Gasteiger partial charge in [-0.25, -0.2) is 4.79 Å². The predicted octanol–water partition coefficient (Wildman–Crippen LogP) is 6.15. The molecule has 1 saturated carbocycles. The van der Waals surface area contributed by atoms with Crippen LogP contribution in [0.1, 0.15) is 113 Å². The number of amides is 1. The fraction of sp³-hybridized carbons (Fsp3) is 0.865. The fourth-order valence-corrected chi connectivity index (χ4v) is 6.98. The molecule has 47 heavy (non-hydrogen) atoms. The number of carbonyl (C=O) groups excluding carboxylic acids is 3. The highest BCUT2D eigenvalue weighted by molar-refractivity contribution is 5.80. The smallest absolute Gasteiger partial charge is 0.407 e. The van der Waals surface area contributed by atoms with Crippen LogP contribution < -0.4 is 10.6 Å². The molecular formula is C37H64N2O8. The molecule has 2 heterocycles. The minimum Gasteiger partial charge on any atom is -0.460 e. The molecule has 1 amide bonds. The highest BCUT2D eigenvalue weighted by Crippen LogP contribution is 2.59. The third kappa shape index (κ3) is 12.4. The quantitative estimate of drug-likeness (QED) is 0.0606. The molecule has 0 aromatic heterocycles. The Bertz CT molecular complexity index is 1040. The second-order valence-corrected chi connectivity index (χ2v) is 15.2. The first-order valence-corrected chi connectivity index (χ1v) is 18.1. The van der Waals surface area contributed by atoms with Crippen molar-refractivity contribution in [3.63, 3.8) is 0 Å². The van der Waals surface area contributed by atoms with E-state index in [-0.39, 0.29) is 72.0 Å². The highest BCUT2D eigenvalue weighted by Gasteiger charge is 2.72. The molecule has 0 aromatic rings. The van der Waals surface area contributed by atoms with Crippen LogP contribution in [0.25, 0.3) is 0 Å². The number of epoxide rings is 2. The third-order valence-corrected chi connectivity index (χ3v) is 10.1. The molecule has 4 unspecified atom stereocenters. The van der Waals surface area contributed by atoms with Crippen molar-refractivity contribution in [2.75, 3.05) is 40.0 Å². The Morgan fingerprint density at radius 3 is 2.38 bits per heavy atom. The van der Waals surface area contributed by atoms with Crippen molar-refractivity contribution in [3.05, 3.63) is 11.6 Å².